The Morgan fingerprint density at radius 3 is 2.56 bits per heavy atom. The van der Waals surface area contributed by atoms with Crippen LogP contribution in [0, 0.1) is 0 Å². The molecule has 3 rings (SSSR count). The third-order valence-electron chi connectivity index (χ3n) is 3.39. The molecule has 0 aliphatic carbocycles. The molecule has 25 heavy (non-hydrogen) atoms. The summed E-state index contributed by atoms with van der Waals surface area (Å²) in [5.41, 5.74) is 2.23. The standard InChI is InChI=1S/C17H16N6O2/c24-16(20-9-15-3-1-2-8-19-15)17(25)22-14-6-4-13(5-7-14)10-23-12-18-11-21-23/h1-8,11-12H,9-10H2,(H,20,24)(H,22,25). The van der Waals surface area contributed by atoms with Crippen molar-refractivity contribution in [2.75, 3.05) is 5.32 Å². The monoisotopic (exact) mass is 336 g/mol. The van der Waals surface area contributed by atoms with Crippen LogP contribution in [0.2, 0.25) is 0 Å². The molecular formula is C17H16N6O2. The van der Waals surface area contributed by atoms with Crippen LogP contribution in [0.25, 0.3) is 0 Å². The minimum Gasteiger partial charge on any atom is -0.342 e. The van der Waals surface area contributed by atoms with Crippen LogP contribution < -0.4 is 10.6 Å². The zero-order valence-electron chi connectivity index (χ0n) is 13.3. The Kier molecular flexibility index (Phi) is 5.10. The fraction of sp³-hybridized carbons (Fsp3) is 0.118. The Morgan fingerprint density at radius 1 is 1.04 bits per heavy atom. The highest BCUT2D eigenvalue weighted by atomic mass is 16.2. The molecule has 0 unspecified atom stereocenters. The molecule has 0 saturated heterocycles. The number of pyridine rings is 1. The van der Waals surface area contributed by atoms with Crippen LogP contribution in [-0.4, -0.2) is 31.6 Å². The van der Waals surface area contributed by atoms with Crippen LogP contribution >= 0.6 is 0 Å². The fourth-order valence-corrected chi connectivity index (χ4v) is 2.14. The molecular weight excluding hydrogens is 320 g/mol. The number of hydrogen-bond donors (Lipinski definition) is 2. The number of nitrogens with zero attached hydrogens (tertiary/aromatic N) is 4. The van der Waals surface area contributed by atoms with Crippen molar-refractivity contribution in [3.8, 4) is 0 Å². The van der Waals surface area contributed by atoms with E-state index in [1.54, 1.807) is 41.5 Å². The highest BCUT2D eigenvalue weighted by Crippen LogP contribution is 2.10. The van der Waals surface area contributed by atoms with E-state index in [-0.39, 0.29) is 6.54 Å². The number of aromatic nitrogens is 4. The van der Waals surface area contributed by atoms with E-state index in [4.69, 9.17) is 0 Å². The second kappa shape index (κ2) is 7.82. The summed E-state index contributed by atoms with van der Waals surface area (Å²) in [6.07, 6.45) is 4.72. The number of anilines is 1. The molecule has 0 fully saturated rings. The van der Waals surface area contributed by atoms with Crippen molar-refractivity contribution in [2.45, 2.75) is 13.1 Å². The first-order chi connectivity index (χ1) is 12.2. The van der Waals surface area contributed by atoms with Crippen molar-refractivity contribution in [1.29, 1.82) is 0 Å². The normalized spacial score (nSPS) is 10.2. The van der Waals surface area contributed by atoms with Gasteiger partial charge in [0.1, 0.15) is 12.7 Å². The Bertz CT molecular complexity index is 831. The summed E-state index contributed by atoms with van der Waals surface area (Å²) in [6.45, 7) is 0.780. The van der Waals surface area contributed by atoms with Crippen LogP contribution in [0.3, 0.4) is 0 Å². The van der Waals surface area contributed by atoms with E-state index in [9.17, 15) is 9.59 Å². The zero-order valence-corrected chi connectivity index (χ0v) is 13.3. The van der Waals surface area contributed by atoms with Crippen LogP contribution in [0.4, 0.5) is 5.69 Å². The predicted molar refractivity (Wildman–Crippen MR) is 90.3 cm³/mol. The van der Waals surface area contributed by atoms with Gasteiger partial charge in [-0.3, -0.25) is 14.6 Å². The van der Waals surface area contributed by atoms with Gasteiger partial charge in [0.05, 0.1) is 18.8 Å². The van der Waals surface area contributed by atoms with Gasteiger partial charge in [0.2, 0.25) is 0 Å². The molecule has 1 aromatic carbocycles. The summed E-state index contributed by atoms with van der Waals surface area (Å²) in [4.78, 5) is 31.7. The lowest BCUT2D eigenvalue weighted by Gasteiger charge is -2.07. The Hall–Kier alpha value is -3.55. The van der Waals surface area contributed by atoms with Crippen LogP contribution in [0.15, 0.2) is 61.3 Å². The van der Waals surface area contributed by atoms with Gasteiger partial charge in [0.25, 0.3) is 0 Å². The predicted octanol–water partition coefficient (Wildman–Crippen LogP) is 0.976. The van der Waals surface area contributed by atoms with Gasteiger partial charge in [-0.15, -0.1) is 0 Å². The highest BCUT2D eigenvalue weighted by Gasteiger charge is 2.13. The van der Waals surface area contributed by atoms with Crippen LogP contribution in [0.5, 0.6) is 0 Å². The second-order valence-electron chi connectivity index (χ2n) is 5.25. The van der Waals surface area contributed by atoms with E-state index >= 15 is 0 Å². The van der Waals surface area contributed by atoms with Gasteiger partial charge in [-0.25, -0.2) is 9.67 Å². The van der Waals surface area contributed by atoms with Crippen molar-refractivity contribution in [1.82, 2.24) is 25.1 Å². The van der Waals surface area contributed by atoms with Gasteiger partial charge >= 0.3 is 11.8 Å². The van der Waals surface area contributed by atoms with E-state index < -0.39 is 11.8 Å². The Labute approximate surface area is 143 Å². The largest absolute Gasteiger partial charge is 0.342 e. The lowest BCUT2D eigenvalue weighted by molar-refractivity contribution is -0.136. The summed E-state index contributed by atoms with van der Waals surface area (Å²) in [6, 6.07) is 12.5. The average molecular weight is 336 g/mol. The second-order valence-corrected chi connectivity index (χ2v) is 5.25. The smallest absolute Gasteiger partial charge is 0.313 e. The molecule has 0 aliphatic rings. The Balaban J connectivity index is 1.51. The van der Waals surface area contributed by atoms with E-state index in [1.165, 1.54) is 6.33 Å². The maximum atomic E-state index is 11.9. The van der Waals surface area contributed by atoms with Gasteiger partial charge in [-0.2, -0.15) is 5.10 Å². The SMILES string of the molecule is O=C(NCc1ccccn1)C(=O)Nc1ccc(Cn2cncn2)cc1. The van der Waals surface area contributed by atoms with E-state index in [0.29, 0.717) is 17.9 Å². The van der Waals surface area contributed by atoms with Crippen LogP contribution in [-0.2, 0) is 22.7 Å². The zero-order chi connectivity index (χ0) is 17.5. The number of benzene rings is 1. The molecule has 3 aromatic rings. The topological polar surface area (TPSA) is 102 Å². The minimum absolute atomic E-state index is 0.198. The van der Waals surface area contributed by atoms with Gasteiger partial charge in [0, 0.05) is 11.9 Å². The molecule has 0 atom stereocenters. The third-order valence-corrected chi connectivity index (χ3v) is 3.39. The number of carbonyl (C=O) groups is 2. The summed E-state index contributed by atoms with van der Waals surface area (Å²) < 4.78 is 1.69. The first kappa shape index (κ1) is 16.3. The van der Waals surface area contributed by atoms with Gasteiger partial charge in [-0.05, 0) is 29.8 Å². The quantitative estimate of drug-likeness (QED) is 0.676. The highest BCUT2D eigenvalue weighted by molar-refractivity contribution is 6.39. The van der Waals surface area contributed by atoms with Gasteiger partial charge < -0.3 is 10.6 Å². The van der Waals surface area contributed by atoms with Crippen molar-refractivity contribution >= 4 is 17.5 Å². The summed E-state index contributed by atoms with van der Waals surface area (Å²) in [5, 5.41) is 9.11. The first-order valence-electron chi connectivity index (χ1n) is 7.61. The number of nitrogens with one attached hydrogen (secondary N) is 2. The maximum Gasteiger partial charge on any atom is 0.313 e. The van der Waals surface area contributed by atoms with E-state index in [2.05, 4.69) is 25.7 Å². The number of carbonyl (C=O) groups excluding carboxylic acids is 2. The minimum atomic E-state index is -0.722. The molecule has 0 spiro atoms. The first-order valence-corrected chi connectivity index (χ1v) is 7.61. The van der Waals surface area contributed by atoms with Crippen molar-refractivity contribution in [3.05, 3.63) is 72.6 Å². The summed E-state index contributed by atoms with van der Waals surface area (Å²) in [5.74, 6) is -1.43. The van der Waals surface area contributed by atoms with Gasteiger partial charge in [0.15, 0.2) is 0 Å². The number of rotatable bonds is 5. The average Bonchev–Trinajstić information content (AvgIpc) is 3.15. The molecule has 0 saturated carbocycles. The Morgan fingerprint density at radius 2 is 1.88 bits per heavy atom. The lowest BCUT2D eigenvalue weighted by atomic mass is 10.2. The molecule has 2 aromatic heterocycles. The van der Waals surface area contributed by atoms with Gasteiger partial charge in [-0.1, -0.05) is 18.2 Å². The third kappa shape index (κ3) is 4.71. The van der Waals surface area contributed by atoms with Crippen molar-refractivity contribution in [2.24, 2.45) is 0 Å². The molecule has 8 heteroatoms. The molecule has 2 amide bonds. The number of amides is 2. The molecule has 0 aliphatic heterocycles. The summed E-state index contributed by atoms with van der Waals surface area (Å²) in [7, 11) is 0. The molecule has 126 valence electrons. The molecule has 0 radical (unpaired) electrons. The van der Waals surface area contributed by atoms with Crippen molar-refractivity contribution < 1.29 is 9.59 Å². The summed E-state index contributed by atoms with van der Waals surface area (Å²) >= 11 is 0. The van der Waals surface area contributed by atoms with Crippen LogP contribution in [0.1, 0.15) is 11.3 Å². The molecule has 0 bridgehead atoms. The molecule has 2 heterocycles. The lowest BCUT2D eigenvalue weighted by Crippen LogP contribution is -2.35. The van der Waals surface area contributed by atoms with E-state index in [1.807, 2.05) is 18.2 Å². The number of hydrogen-bond acceptors (Lipinski definition) is 5. The molecule has 2 N–H and O–H groups in total. The van der Waals surface area contributed by atoms with Crippen molar-refractivity contribution in [3.63, 3.8) is 0 Å². The fourth-order valence-electron chi connectivity index (χ4n) is 2.14. The molecule has 8 nitrogen and oxygen atoms in total. The maximum absolute atomic E-state index is 11.9. The van der Waals surface area contributed by atoms with E-state index in [0.717, 1.165) is 5.56 Å².